The summed E-state index contributed by atoms with van der Waals surface area (Å²) in [7, 11) is 0. The second-order valence-electron chi connectivity index (χ2n) is 12.5. The van der Waals surface area contributed by atoms with E-state index in [1.54, 1.807) is 0 Å². The van der Waals surface area contributed by atoms with E-state index in [-0.39, 0.29) is 24.3 Å². The zero-order valence-electron chi connectivity index (χ0n) is 22.2. The second-order valence-corrected chi connectivity index (χ2v) is 12.5. The van der Waals surface area contributed by atoms with Crippen molar-refractivity contribution in [3.05, 3.63) is 47.0 Å². The Labute approximate surface area is 233 Å². The van der Waals surface area contributed by atoms with Crippen molar-refractivity contribution < 1.29 is 37.0 Å². The Kier molecular flexibility index (Phi) is 5.91. The highest BCUT2D eigenvalue weighted by Gasteiger charge is 2.62. The predicted molar refractivity (Wildman–Crippen MR) is 137 cm³/mol. The molecule has 3 heterocycles. The van der Waals surface area contributed by atoms with Gasteiger partial charge in [-0.25, -0.2) is 19.2 Å². The van der Waals surface area contributed by atoms with Gasteiger partial charge in [-0.05, 0) is 92.4 Å². The monoisotopic (exact) mass is 574 g/mol. The Bertz CT molecular complexity index is 1400. The normalized spacial score (nSPS) is 31.4. The van der Waals surface area contributed by atoms with Gasteiger partial charge in [-0.15, -0.1) is 0 Å². The minimum absolute atomic E-state index is 0.242. The summed E-state index contributed by atoms with van der Waals surface area (Å²) in [5, 5.41) is 12.9. The molecule has 8 nitrogen and oxygen atoms in total. The minimum atomic E-state index is -5.01. The smallest absolute Gasteiger partial charge is 0.434 e. The second kappa shape index (κ2) is 9.11. The number of carbonyl (C=O) groups is 2. The van der Waals surface area contributed by atoms with Crippen molar-refractivity contribution in [1.29, 1.82) is 0 Å². The molecule has 2 N–H and O–H groups in total. The average Bonchev–Trinajstić information content (AvgIpc) is 3.22. The highest BCUT2D eigenvalue weighted by molar-refractivity contribution is 5.99. The Morgan fingerprint density at radius 2 is 1.71 bits per heavy atom. The fourth-order valence-corrected chi connectivity index (χ4v) is 8.68. The molecule has 1 amide bonds. The molecular formula is C29H30F4N4O4. The summed E-state index contributed by atoms with van der Waals surface area (Å²) in [6, 6.07) is 4.16. The number of carbonyl (C=O) groups excluding carboxylic acids is 1. The maximum Gasteiger partial charge on any atom is 0.434 e. The highest BCUT2D eigenvalue weighted by atomic mass is 19.4. The molecule has 12 heteroatoms. The fourth-order valence-electron chi connectivity index (χ4n) is 8.68. The summed E-state index contributed by atoms with van der Waals surface area (Å²) in [5.41, 5.74) is -3.20. The number of carboxylic acid groups (broad SMARTS) is 1. The first-order chi connectivity index (χ1) is 19.5. The van der Waals surface area contributed by atoms with Gasteiger partial charge in [-0.1, -0.05) is 0 Å². The molecule has 8 rings (SSSR count). The van der Waals surface area contributed by atoms with Gasteiger partial charge < -0.3 is 20.1 Å². The molecule has 2 aromatic rings. The molecule has 2 aliphatic heterocycles. The van der Waals surface area contributed by atoms with Gasteiger partial charge in [0.15, 0.2) is 5.69 Å². The van der Waals surface area contributed by atoms with Crippen molar-refractivity contribution in [2.24, 2.45) is 23.7 Å². The number of anilines is 2. The zero-order valence-corrected chi connectivity index (χ0v) is 22.2. The van der Waals surface area contributed by atoms with Crippen molar-refractivity contribution >= 4 is 23.5 Å². The standard InChI is InChI=1S/C29H30F4N4O4/c30-19-1-2-22-21(12-19)27(3-5-41-6-4-27)14-37(22)26-34-13-20(23(35-26)29(31,32)33)24(38)36-28(25(39)40)17-8-15-7-16(10-17)11-18(28)9-15/h1-2,12-13,15-18H,3-11,14H2,(H,36,38)(H,39,40). The van der Waals surface area contributed by atoms with E-state index in [1.807, 2.05) is 0 Å². The molecular weight excluding hydrogens is 544 g/mol. The molecule has 4 aliphatic carbocycles. The molecule has 218 valence electrons. The number of aromatic nitrogens is 2. The number of hydrogen-bond acceptors (Lipinski definition) is 6. The van der Waals surface area contributed by atoms with Crippen LogP contribution in [-0.4, -0.2) is 52.2 Å². The molecule has 1 saturated heterocycles. The van der Waals surface area contributed by atoms with Crippen molar-refractivity contribution in [2.45, 2.75) is 62.1 Å². The van der Waals surface area contributed by atoms with Crippen LogP contribution in [0.4, 0.5) is 29.2 Å². The van der Waals surface area contributed by atoms with Crippen LogP contribution >= 0.6 is 0 Å². The number of hydrogen-bond donors (Lipinski definition) is 2. The van der Waals surface area contributed by atoms with E-state index >= 15 is 0 Å². The average molecular weight is 575 g/mol. The molecule has 4 saturated carbocycles. The van der Waals surface area contributed by atoms with Gasteiger partial charge in [-0.3, -0.25) is 4.79 Å². The van der Waals surface area contributed by atoms with E-state index in [1.165, 1.54) is 23.1 Å². The third kappa shape index (κ3) is 4.04. The number of nitrogens with zero attached hydrogens (tertiary/aromatic N) is 3. The topological polar surface area (TPSA) is 105 Å². The summed E-state index contributed by atoms with van der Waals surface area (Å²) in [4.78, 5) is 35.7. The van der Waals surface area contributed by atoms with Crippen molar-refractivity contribution in [3.63, 3.8) is 0 Å². The van der Waals surface area contributed by atoms with Crippen LogP contribution in [0.25, 0.3) is 0 Å². The highest BCUT2D eigenvalue weighted by Crippen LogP contribution is 2.58. The SMILES string of the molecule is O=C(NC1(C(=O)O)C2CC3CC(C2)CC1C3)c1cnc(N2CC3(CCOCC3)c3cc(F)ccc32)nc1C(F)(F)F. The minimum Gasteiger partial charge on any atom is -0.479 e. The first-order valence-corrected chi connectivity index (χ1v) is 14.2. The van der Waals surface area contributed by atoms with Crippen LogP contribution < -0.4 is 10.2 Å². The largest absolute Gasteiger partial charge is 0.479 e. The van der Waals surface area contributed by atoms with Crippen molar-refractivity contribution in [1.82, 2.24) is 15.3 Å². The number of rotatable bonds is 4. The quantitative estimate of drug-likeness (QED) is 0.504. The van der Waals surface area contributed by atoms with E-state index in [9.17, 15) is 32.3 Å². The summed E-state index contributed by atoms with van der Waals surface area (Å²) < 4.78 is 63.0. The molecule has 0 radical (unpaired) electrons. The fraction of sp³-hybridized carbons (Fsp3) is 0.586. The number of halogens is 4. The van der Waals surface area contributed by atoms with Gasteiger partial charge in [0.2, 0.25) is 5.95 Å². The predicted octanol–water partition coefficient (Wildman–Crippen LogP) is 4.84. The number of benzene rings is 1. The number of amides is 1. The molecule has 41 heavy (non-hydrogen) atoms. The van der Waals surface area contributed by atoms with Gasteiger partial charge >= 0.3 is 12.1 Å². The Balaban J connectivity index is 1.25. The van der Waals surface area contributed by atoms with E-state index in [4.69, 9.17) is 4.74 Å². The van der Waals surface area contributed by atoms with Gasteiger partial charge in [0.05, 0.1) is 5.56 Å². The maximum atomic E-state index is 14.4. The first-order valence-electron chi connectivity index (χ1n) is 14.2. The van der Waals surface area contributed by atoms with Crippen LogP contribution in [0.15, 0.2) is 24.4 Å². The summed E-state index contributed by atoms with van der Waals surface area (Å²) in [6.45, 7) is 1.12. The number of carboxylic acids is 1. The Hall–Kier alpha value is -3.28. The number of aliphatic carboxylic acids is 1. The van der Waals surface area contributed by atoms with Crippen LogP contribution in [0.3, 0.4) is 0 Å². The maximum absolute atomic E-state index is 14.4. The van der Waals surface area contributed by atoms with Gasteiger partial charge in [0.25, 0.3) is 5.91 Å². The lowest BCUT2D eigenvalue weighted by atomic mass is 9.48. The molecule has 1 aromatic carbocycles. The van der Waals surface area contributed by atoms with E-state index < -0.39 is 46.1 Å². The first kappa shape index (κ1) is 26.6. The lowest BCUT2D eigenvalue weighted by molar-refractivity contribution is -0.163. The molecule has 4 bridgehead atoms. The van der Waals surface area contributed by atoms with Gasteiger partial charge in [0, 0.05) is 37.1 Å². The summed E-state index contributed by atoms with van der Waals surface area (Å²) in [6.07, 6.45) is 0.570. The lowest BCUT2D eigenvalue weighted by Gasteiger charge is -2.59. The lowest BCUT2D eigenvalue weighted by Crippen LogP contribution is -2.70. The van der Waals surface area contributed by atoms with Gasteiger partial charge in [0.1, 0.15) is 11.4 Å². The third-order valence-corrected chi connectivity index (χ3v) is 10.4. The van der Waals surface area contributed by atoms with E-state index in [0.29, 0.717) is 74.8 Å². The van der Waals surface area contributed by atoms with E-state index in [0.717, 1.165) is 12.6 Å². The molecule has 1 spiro atoms. The van der Waals surface area contributed by atoms with Crippen LogP contribution in [0, 0.1) is 29.5 Å². The summed E-state index contributed by atoms with van der Waals surface area (Å²) in [5.74, 6) is -2.90. The molecule has 0 unspecified atom stereocenters. The number of nitrogens with one attached hydrogen (secondary N) is 1. The number of ether oxygens (including phenoxy) is 1. The molecule has 5 fully saturated rings. The number of alkyl halides is 3. The van der Waals surface area contributed by atoms with Crippen LogP contribution in [0.5, 0.6) is 0 Å². The zero-order chi connectivity index (χ0) is 28.7. The number of fused-ring (bicyclic) bond motifs is 2. The Morgan fingerprint density at radius 3 is 2.32 bits per heavy atom. The van der Waals surface area contributed by atoms with Crippen molar-refractivity contribution in [2.75, 3.05) is 24.7 Å². The Morgan fingerprint density at radius 1 is 1.05 bits per heavy atom. The summed E-state index contributed by atoms with van der Waals surface area (Å²) >= 11 is 0. The van der Waals surface area contributed by atoms with E-state index in [2.05, 4.69) is 15.3 Å². The molecule has 0 atom stereocenters. The third-order valence-electron chi connectivity index (χ3n) is 10.4. The molecule has 6 aliphatic rings. The van der Waals surface area contributed by atoms with Crippen molar-refractivity contribution in [3.8, 4) is 0 Å². The molecule has 1 aromatic heterocycles. The van der Waals surface area contributed by atoms with Crippen LogP contribution in [-0.2, 0) is 21.1 Å². The van der Waals surface area contributed by atoms with Gasteiger partial charge in [-0.2, -0.15) is 13.2 Å². The van der Waals surface area contributed by atoms with Crippen LogP contribution in [0.2, 0.25) is 0 Å². The van der Waals surface area contributed by atoms with Crippen LogP contribution in [0.1, 0.15) is 66.6 Å².